The van der Waals surface area contributed by atoms with Gasteiger partial charge in [-0.05, 0) is 32.1 Å². The van der Waals surface area contributed by atoms with E-state index in [1.54, 1.807) is 4.90 Å². The highest BCUT2D eigenvalue weighted by atomic mass is 16.3. The van der Waals surface area contributed by atoms with Crippen LogP contribution >= 0.6 is 0 Å². The molecule has 0 aromatic heterocycles. The molecular weight excluding hydrogens is 256 g/mol. The molecule has 1 N–H and O–H groups in total. The van der Waals surface area contributed by atoms with Crippen molar-refractivity contribution in [2.24, 2.45) is 5.92 Å². The third kappa shape index (κ3) is 3.32. The first-order valence-corrected chi connectivity index (χ1v) is 7.78. The molecule has 0 aromatic carbocycles. The van der Waals surface area contributed by atoms with Crippen molar-refractivity contribution in [2.45, 2.75) is 58.1 Å². The Hall–Kier alpha value is -1.10. The Kier molecular flexibility index (Phi) is 5.02. The maximum Gasteiger partial charge on any atom is 0.245 e. The van der Waals surface area contributed by atoms with Gasteiger partial charge in [0, 0.05) is 25.6 Å². The van der Waals surface area contributed by atoms with Crippen LogP contribution in [0.4, 0.5) is 0 Å². The maximum atomic E-state index is 12.6. The van der Waals surface area contributed by atoms with Gasteiger partial charge in [0.1, 0.15) is 6.04 Å². The summed E-state index contributed by atoms with van der Waals surface area (Å²) in [5.41, 5.74) is 0. The summed E-state index contributed by atoms with van der Waals surface area (Å²) >= 11 is 0. The third-order valence-corrected chi connectivity index (χ3v) is 4.34. The molecule has 5 heteroatoms. The molecule has 1 unspecified atom stereocenters. The topological polar surface area (TPSA) is 60.9 Å². The van der Waals surface area contributed by atoms with Crippen LogP contribution in [-0.4, -0.2) is 58.5 Å². The first-order chi connectivity index (χ1) is 9.50. The monoisotopic (exact) mass is 282 g/mol. The number of likely N-dealkylation sites (tertiary alicyclic amines) is 2. The van der Waals surface area contributed by atoms with Crippen LogP contribution in [0.5, 0.6) is 0 Å². The number of carbonyl (C=O) groups is 2. The zero-order valence-electron chi connectivity index (χ0n) is 12.5. The van der Waals surface area contributed by atoms with E-state index in [1.807, 2.05) is 18.7 Å². The molecule has 0 saturated carbocycles. The molecule has 1 atom stereocenters. The Morgan fingerprint density at radius 3 is 2.30 bits per heavy atom. The second-order valence-corrected chi connectivity index (χ2v) is 6.25. The van der Waals surface area contributed by atoms with E-state index in [0.29, 0.717) is 32.5 Å². The number of nitrogens with zero attached hydrogens (tertiary/aromatic N) is 2. The molecule has 5 nitrogen and oxygen atoms in total. The molecule has 20 heavy (non-hydrogen) atoms. The van der Waals surface area contributed by atoms with Crippen molar-refractivity contribution in [2.75, 3.05) is 19.6 Å². The van der Waals surface area contributed by atoms with E-state index in [0.717, 1.165) is 19.3 Å². The smallest absolute Gasteiger partial charge is 0.245 e. The highest BCUT2D eigenvalue weighted by Crippen LogP contribution is 2.22. The molecule has 0 aromatic rings. The fourth-order valence-corrected chi connectivity index (χ4v) is 3.08. The second kappa shape index (κ2) is 6.57. The van der Waals surface area contributed by atoms with E-state index < -0.39 is 0 Å². The van der Waals surface area contributed by atoms with Crippen LogP contribution < -0.4 is 0 Å². The molecule has 2 aliphatic rings. The molecule has 0 bridgehead atoms. The van der Waals surface area contributed by atoms with Gasteiger partial charge in [-0.25, -0.2) is 0 Å². The molecule has 2 amide bonds. The Bertz CT molecular complexity index is 362. The van der Waals surface area contributed by atoms with Crippen molar-refractivity contribution in [1.29, 1.82) is 0 Å². The predicted molar refractivity (Wildman–Crippen MR) is 76.0 cm³/mol. The van der Waals surface area contributed by atoms with Gasteiger partial charge in [-0.2, -0.15) is 0 Å². The lowest BCUT2D eigenvalue weighted by atomic mass is 9.97. The number of hydrogen-bond acceptors (Lipinski definition) is 3. The lowest BCUT2D eigenvalue weighted by Crippen LogP contribution is -2.55. The summed E-state index contributed by atoms with van der Waals surface area (Å²) in [5, 5.41) is 9.53. The second-order valence-electron chi connectivity index (χ2n) is 6.25. The molecule has 0 spiro atoms. The molecule has 2 rings (SSSR count). The van der Waals surface area contributed by atoms with E-state index >= 15 is 0 Å². The standard InChI is InChI=1S/C15H26N2O3/c1-11(2)14(19)17-8-4-3-5-13(17)15(20)16-9-6-12(18)7-10-16/h11-13,18H,3-10H2,1-2H3. The van der Waals surface area contributed by atoms with Crippen molar-refractivity contribution in [3.63, 3.8) is 0 Å². The van der Waals surface area contributed by atoms with Crippen LogP contribution in [0.25, 0.3) is 0 Å². The summed E-state index contributed by atoms with van der Waals surface area (Å²) in [6.45, 7) is 5.69. The summed E-state index contributed by atoms with van der Waals surface area (Å²) in [6.07, 6.45) is 3.79. The number of aliphatic hydroxyl groups is 1. The zero-order valence-corrected chi connectivity index (χ0v) is 12.5. The van der Waals surface area contributed by atoms with E-state index in [1.165, 1.54) is 0 Å². The Labute approximate surface area is 120 Å². The lowest BCUT2D eigenvalue weighted by molar-refractivity contribution is -0.150. The van der Waals surface area contributed by atoms with Gasteiger partial charge in [0.15, 0.2) is 0 Å². The quantitative estimate of drug-likeness (QED) is 0.822. The SMILES string of the molecule is CC(C)C(=O)N1CCCCC1C(=O)N1CCC(O)CC1. The Balaban J connectivity index is 2.03. The predicted octanol–water partition coefficient (Wildman–Crippen LogP) is 1.01. The van der Waals surface area contributed by atoms with E-state index in [2.05, 4.69) is 0 Å². The van der Waals surface area contributed by atoms with Gasteiger partial charge >= 0.3 is 0 Å². The van der Waals surface area contributed by atoms with E-state index in [-0.39, 0.29) is 29.9 Å². The number of hydrogen-bond donors (Lipinski definition) is 1. The van der Waals surface area contributed by atoms with Gasteiger partial charge < -0.3 is 14.9 Å². The molecule has 2 saturated heterocycles. The van der Waals surface area contributed by atoms with Crippen LogP contribution in [0, 0.1) is 5.92 Å². The maximum absolute atomic E-state index is 12.6. The number of piperidine rings is 2. The summed E-state index contributed by atoms with van der Waals surface area (Å²) in [7, 11) is 0. The third-order valence-electron chi connectivity index (χ3n) is 4.34. The van der Waals surface area contributed by atoms with E-state index in [9.17, 15) is 14.7 Å². The largest absolute Gasteiger partial charge is 0.393 e. The molecule has 2 heterocycles. The average Bonchev–Trinajstić information content (AvgIpc) is 2.46. The number of carbonyl (C=O) groups excluding carboxylic acids is 2. The highest BCUT2D eigenvalue weighted by Gasteiger charge is 2.36. The fourth-order valence-electron chi connectivity index (χ4n) is 3.08. The van der Waals surface area contributed by atoms with Crippen LogP contribution in [0.1, 0.15) is 46.0 Å². The summed E-state index contributed by atoms with van der Waals surface area (Å²) in [5.74, 6) is 0.0947. The number of aliphatic hydroxyl groups excluding tert-OH is 1. The molecule has 2 fully saturated rings. The summed E-state index contributed by atoms with van der Waals surface area (Å²) < 4.78 is 0. The van der Waals surface area contributed by atoms with Gasteiger partial charge in [-0.15, -0.1) is 0 Å². The molecule has 2 aliphatic heterocycles. The highest BCUT2D eigenvalue weighted by molar-refractivity contribution is 5.88. The first-order valence-electron chi connectivity index (χ1n) is 7.78. The van der Waals surface area contributed by atoms with Crippen LogP contribution in [-0.2, 0) is 9.59 Å². The van der Waals surface area contributed by atoms with Crippen molar-refractivity contribution in [1.82, 2.24) is 9.80 Å². The fraction of sp³-hybridized carbons (Fsp3) is 0.867. The minimum atomic E-state index is -0.283. The van der Waals surface area contributed by atoms with Gasteiger partial charge in [-0.3, -0.25) is 9.59 Å². The molecule has 0 aliphatic carbocycles. The van der Waals surface area contributed by atoms with Crippen LogP contribution in [0.15, 0.2) is 0 Å². The van der Waals surface area contributed by atoms with Crippen molar-refractivity contribution in [3.8, 4) is 0 Å². The van der Waals surface area contributed by atoms with Gasteiger partial charge in [0.05, 0.1) is 6.10 Å². The summed E-state index contributed by atoms with van der Waals surface area (Å²) in [4.78, 5) is 28.5. The summed E-state index contributed by atoms with van der Waals surface area (Å²) in [6, 6.07) is -0.283. The zero-order chi connectivity index (χ0) is 14.7. The Morgan fingerprint density at radius 1 is 1.05 bits per heavy atom. The normalized spacial score (nSPS) is 25.1. The van der Waals surface area contributed by atoms with Gasteiger partial charge in [0.2, 0.25) is 11.8 Å². The molecule has 114 valence electrons. The minimum Gasteiger partial charge on any atom is -0.393 e. The van der Waals surface area contributed by atoms with Gasteiger partial charge in [-0.1, -0.05) is 13.8 Å². The van der Waals surface area contributed by atoms with Crippen LogP contribution in [0.3, 0.4) is 0 Å². The minimum absolute atomic E-state index is 0.0634. The molecular formula is C15H26N2O3. The number of amides is 2. The Morgan fingerprint density at radius 2 is 1.70 bits per heavy atom. The lowest BCUT2D eigenvalue weighted by Gasteiger charge is -2.40. The van der Waals surface area contributed by atoms with Crippen molar-refractivity contribution in [3.05, 3.63) is 0 Å². The van der Waals surface area contributed by atoms with Crippen molar-refractivity contribution >= 4 is 11.8 Å². The van der Waals surface area contributed by atoms with E-state index in [4.69, 9.17) is 0 Å². The number of rotatable bonds is 2. The van der Waals surface area contributed by atoms with Gasteiger partial charge in [0.25, 0.3) is 0 Å². The van der Waals surface area contributed by atoms with Crippen molar-refractivity contribution < 1.29 is 14.7 Å². The average molecular weight is 282 g/mol. The van der Waals surface area contributed by atoms with Crippen LogP contribution in [0.2, 0.25) is 0 Å². The first kappa shape index (κ1) is 15.3. The molecule has 0 radical (unpaired) electrons.